The summed E-state index contributed by atoms with van der Waals surface area (Å²) in [6.45, 7) is 0. The van der Waals surface area contributed by atoms with E-state index >= 15 is 0 Å². The number of hydrogen-bond acceptors (Lipinski definition) is 4. The lowest BCUT2D eigenvalue weighted by Crippen LogP contribution is -2.35. The molecular formula is C18H11Cl2F8N5O. The number of halogens is 10. The third-order valence-corrected chi connectivity index (χ3v) is 5.29. The van der Waals surface area contributed by atoms with Crippen molar-refractivity contribution in [3.05, 3.63) is 33.4 Å². The molecule has 0 bridgehead atoms. The minimum absolute atomic E-state index is 0.498. The Balaban J connectivity index is 2.34. The highest BCUT2D eigenvalue weighted by molar-refractivity contribution is 6.38. The second kappa shape index (κ2) is 8.16. The van der Waals surface area contributed by atoms with Crippen LogP contribution in [0.25, 0.3) is 5.69 Å². The Morgan fingerprint density at radius 1 is 1.18 bits per heavy atom. The molecule has 0 spiro atoms. The van der Waals surface area contributed by atoms with E-state index in [0.717, 1.165) is 6.34 Å². The number of rotatable bonds is 5. The van der Waals surface area contributed by atoms with E-state index in [1.165, 1.54) is 25.1 Å². The molecule has 1 heterocycles. The Kier molecular flexibility index (Phi) is 6.20. The minimum Gasteiger partial charge on any atom is -0.406 e. The number of hydrogen-bond donors (Lipinski definition) is 0. The number of aliphatic imine (C=N–C) groups is 1. The van der Waals surface area contributed by atoms with Gasteiger partial charge in [0.15, 0.2) is 16.9 Å². The maximum Gasteiger partial charge on any atom is 0.573 e. The molecule has 0 saturated heterocycles. The Hall–Kier alpha value is -2.79. The normalized spacial score (nSPS) is 19.9. The fourth-order valence-corrected chi connectivity index (χ4v) is 3.90. The smallest absolute Gasteiger partial charge is 0.406 e. The molecule has 1 aliphatic carbocycles. The van der Waals surface area contributed by atoms with Gasteiger partial charge >= 0.3 is 12.5 Å². The summed E-state index contributed by atoms with van der Waals surface area (Å²) >= 11 is 12.0. The van der Waals surface area contributed by atoms with E-state index in [1.54, 1.807) is 0 Å². The molecule has 1 fully saturated rings. The Labute approximate surface area is 195 Å². The topological polar surface area (TPSA) is 66.4 Å². The van der Waals surface area contributed by atoms with E-state index in [1.807, 2.05) is 0 Å². The summed E-state index contributed by atoms with van der Waals surface area (Å²) in [5.41, 5.74) is -6.52. The molecule has 3 rings (SSSR count). The van der Waals surface area contributed by atoms with Crippen LogP contribution in [-0.2, 0) is 5.41 Å². The van der Waals surface area contributed by atoms with Crippen LogP contribution in [-0.4, -0.2) is 53.6 Å². The first-order valence-electron chi connectivity index (χ1n) is 8.89. The van der Waals surface area contributed by atoms with Crippen molar-refractivity contribution in [2.75, 3.05) is 14.1 Å². The molecule has 184 valence electrons. The van der Waals surface area contributed by atoms with Gasteiger partial charge in [-0.1, -0.05) is 23.2 Å². The molecule has 0 N–H and O–H groups in total. The largest absolute Gasteiger partial charge is 0.573 e. The van der Waals surface area contributed by atoms with Gasteiger partial charge < -0.3 is 9.64 Å². The summed E-state index contributed by atoms with van der Waals surface area (Å²) in [6.07, 6.45) is -11.3. The Morgan fingerprint density at radius 2 is 1.71 bits per heavy atom. The van der Waals surface area contributed by atoms with Crippen molar-refractivity contribution in [3.63, 3.8) is 0 Å². The molecule has 1 saturated carbocycles. The standard InChI is InChI=1S/C18H11Cl2F8N5O/c1-32(2)7-30-14-12(15(17(23,24)25)6-16(15,21)22)11(5-29)31-33(14)13-9(19)3-8(4-10(13)20)34-18(26,27)28/h3-4,7H,6H2,1-2H3. The zero-order valence-corrected chi connectivity index (χ0v) is 18.4. The van der Waals surface area contributed by atoms with Gasteiger partial charge in [0.25, 0.3) is 5.92 Å². The highest BCUT2D eigenvalue weighted by Gasteiger charge is 2.86. The lowest BCUT2D eigenvalue weighted by atomic mass is 9.94. The molecule has 1 unspecified atom stereocenters. The van der Waals surface area contributed by atoms with Crippen LogP contribution < -0.4 is 4.74 Å². The number of nitrogens with zero attached hydrogens (tertiary/aromatic N) is 5. The molecule has 0 aliphatic heterocycles. The number of alkyl halides is 8. The zero-order valence-electron chi connectivity index (χ0n) is 16.9. The molecule has 0 amide bonds. The van der Waals surface area contributed by atoms with Crippen LogP contribution in [0.4, 0.5) is 40.9 Å². The zero-order chi connectivity index (χ0) is 25.9. The summed E-state index contributed by atoms with van der Waals surface area (Å²) in [6, 6.07) is 2.61. The highest BCUT2D eigenvalue weighted by Crippen LogP contribution is 2.70. The summed E-state index contributed by atoms with van der Waals surface area (Å²) in [7, 11) is 2.84. The predicted molar refractivity (Wildman–Crippen MR) is 104 cm³/mol. The monoisotopic (exact) mass is 535 g/mol. The van der Waals surface area contributed by atoms with Gasteiger partial charge in [-0.25, -0.2) is 18.5 Å². The van der Waals surface area contributed by atoms with Gasteiger partial charge in [-0.15, -0.1) is 13.2 Å². The van der Waals surface area contributed by atoms with E-state index in [-0.39, 0.29) is 0 Å². The van der Waals surface area contributed by atoms with Crippen molar-refractivity contribution >= 4 is 35.4 Å². The molecule has 34 heavy (non-hydrogen) atoms. The molecule has 0 radical (unpaired) electrons. The first-order valence-corrected chi connectivity index (χ1v) is 9.64. The van der Waals surface area contributed by atoms with Gasteiger partial charge in [0.2, 0.25) is 0 Å². The molecule has 1 aromatic heterocycles. The number of aromatic nitrogens is 2. The number of nitriles is 1. The first kappa shape index (κ1) is 25.8. The maximum atomic E-state index is 14.2. The van der Waals surface area contributed by atoms with Crippen LogP contribution in [0.1, 0.15) is 17.7 Å². The average Bonchev–Trinajstić information content (AvgIpc) is 3.07. The molecule has 1 aromatic carbocycles. The number of ether oxygens (including phenoxy) is 1. The van der Waals surface area contributed by atoms with Gasteiger partial charge in [0.05, 0.1) is 21.9 Å². The van der Waals surface area contributed by atoms with Crippen LogP contribution >= 0.6 is 23.2 Å². The van der Waals surface area contributed by atoms with E-state index in [4.69, 9.17) is 23.2 Å². The fourth-order valence-electron chi connectivity index (χ4n) is 3.27. The van der Waals surface area contributed by atoms with Crippen LogP contribution in [0, 0.1) is 11.3 Å². The van der Waals surface area contributed by atoms with Crippen LogP contribution in [0.3, 0.4) is 0 Å². The van der Waals surface area contributed by atoms with Crippen molar-refractivity contribution in [2.45, 2.75) is 30.3 Å². The van der Waals surface area contributed by atoms with Crippen molar-refractivity contribution in [3.8, 4) is 17.5 Å². The molecule has 1 aliphatic rings. The van der Waals surface area contributed by atoms with Crippen LogP contribution in [0.5, 0.6) is 5.75 Å². The quantitative estimate of drug-likeness (QED) is 0.267. The van der Waals surface area contributed by atoms with Crippen molar-refractivity contribution in [2.24, 2.45) is 4.99 Å². The lowest BCUT2D eigenvalue weighted by molar-refractivity contribution is -0.274. The van der Waals surface area contributed by atoms with E-state index in [2.05, 4.69) is 14.8 Å². The molecule has 16 heteroatoms. The lowest BCUT2D eigenvalue weighted by Gasteiger charge is -2.20. The third-order valence-electron chi connectivity index (χ3n) is 4.71. The summed E-state index contributed by atoms with van der Waals surface area (Å²) < 4.78 is 112. The van der Waals surface area contributed by atoms with Crippen molar-refractivity contribution in [1.29, 1.82) is 5.26 Å². The molecular weight excluding hydrogens is 525 g/mol. The highest BCUT2D eigenvalue weighted by atomic mass is 35.5. The minimum atomic E-state index is -5.50. The summed E-state index contributed by atoms with van der Waals surface area (Å²) in [4.78, 5) is 5.04. The molecule has 6 nitrogen and oxygen atoms in total. The summed E-state index contributed by atoms with van der Waals surface area (Å²) in [5.74, 6) is -5.99. The average molecular weight is 536 g/mol. The summed E-state index contributed by atoms with van der Waals surface area (Å²) in [5, 5.41) is 11.8. The van der Waals surface area contributed by atoms with Crippen LogP contribution in [0.2, 0.25) is 10.0 Å². The SMILES string of the molecule is CN(C)C=Nc1c(C2(C(F)(F)F)CC2(F)F)c(C#N)nn1-c1c(Cl)cc(OC(F)(F)F)cc1Cl. The van der Waals surface area contributed by atoms with Gasteiger partial charge in [0.1, 0.15) is 17.5 Å². The van der Waals surface area contributed by atoms with Gasteiger partial charge in [-0.3, -0.25) is 0 Å². The second-order valence-corrected chi connectivity index (χ2v) is 8.16. The first-order chi connectivity index (χ1) is 15.4. The van der Waals surface area contributed by atoms with E-state index in [0.29, 0.717) is 16.8 Å². The Morgan fingerprint density at radius 3 is 2.09 bits per heavy atom. The van der Waals surface area contributed by atoms with Crippen molar-refractivity contribution in [1.82, 2.24) is 14.7 Å². The van der Waals surface area contributed by atoms with Gasteiger partial charge in [0, 0.05) is 32.6 Å². The van der Waals surface area contributed by atoms with Gasteiger partial charge in [-0.05, 0) is 0 Å². The third kappa shape index (κ3) is 4.34. The molecule has 1 atom stereocenters. The van der Waals surface area contributed by atoms with Crippen LogP contribution in [0.15, 0.2) is 17.1 Å². The van der Waals surface area contributed by atoms with Crippen molar-refractivity contribution < 1.29 is 39.9 Å². The van der Waals surface area contributed by atoms with E-state index in [9.17, 15) is 40.4 Å². The number of benzene rings is 1. The second-order valence-electron chi connectivity index (χ2n) is 7.35. The Bertz CT molecular complexity index is 1180. The maximum absolute atomic E-state index is 14.2. The van der Waals surface area contributed by atoms with Gasteiger partial charge in [-0.2, -0.15) is 23.5 Å². The predicted octanol–water partition coefficient (Wildman–Crippen LogP) is 6.01. The van der Waals surface area contributed by atoms with E-state index < -0.39 is 68.9 Å². The molecule has 2 aromatic rings. The fraction of sp³-hybridized carbons (Fsp3) is 0.389.